The second-order valence-electron chi connectivity index (χ2n) is 7.40. The number of hydrogen-bond donors (Lipinski definition) is 2. The summed E-state index contributed by atoms with van der Waals surface area (Å²) in [6.45, 7) is 3.69. The van der Waals surface area contributed by atoms with Crippen molar-refractivity contribution in [1.82, 2.24) is 0 Å². The number of rotatable bonds is 4. The van der Waals surface area contributed by atoms with Crippen molar-refractivity contribution in [2.24, 2.45) is 0 Å². The monoisotopic (exact) mass is 386 g/mol. The number of hydrogen-bond acceptors (Lipinski definition) is 3. The Bertz CT molecular complexity index is 1090. The van der Waals surface area contributed by atoms with E-state index in [9.17, 15) is 14.7 Å². The van der Waals surface area contributed by atoms with Crippen LogP contribution in [0, 0.1) is 13.8 Å². The van der Waals surface area contributed by atoms with E-state index in [-0.39, 0.29) is 12.5 Å². The molecule has 2 N–H and O–H groups in total. The summed E-state index contributed by atoms with van der Waals surface area (Å²) in [5.41, 5.74) is 2.41. The number of carbonyl (C=O) groups excluding carboxylic acids is 2. The molecule has 1 heterocycles. The van der Waals surface area contributed by atoms with Crippen molar-refractivity contribution in [3.05, 3.63) is 95.1 Å². The van der Waals surface area contributed by atoms with Gasteiger partial charge in [0.2, 0.25) is 5.91 Å². The summed E-state index contributed by atoms with van der Waals surface area (Å²) in [5, 5.41) is 14.3. The molecule has 0 saturated heterocycles. The van der Waals surface area contributed by atoms with Crippen LogP contribution < -0.4 is 10.2 Å². The van der Waals surface area contributed by atoms with Gasteiger partial charge in [-0.2, -0.15) is 0 Å². The van der Waals surface area contributed by atoms with E-state index in [1.54, 1.807) is 36.4 Å². The van der Waals surface area contributed by atoms with Gasteiger partial charge in [0.1, 0.15) is 6.54 Å². The van der Waals surface area contributed by atoms with E-state index in [0.29, 0.717) is 22.5 Å². The molecule has 5 nitrogen and oxygen atoms in total. The first-order valence-corrected chi connectivity index (χ1v) is 9.47. The summed E-state index contributed by atoms with van der Waals surface area (Å²) in [6, 6.07) is 21.7. The van der Waals surface area contributed by atoms with Crippen LogP contribution in [0.25, 0.3) is 0 Å². The highest BCUT2D eigenvalue weighted by Gasteiger charge is 2.51. The Hall–Kier alpha value is -3.44. The van der Waals surface area contributed by atoms with Crippen molar-refractivity contribution in [2.45, 2.75) is 19.4 Å². The minimum absolute atomic E-state index is 0.183. The van der Waals surface area contributed by atoms with E-state index < -0.39 is 11.5 Å². The first-order valence-electron chi connectivity index (χ1n) is 9.47. The molecule has 1 atom stereocenters. The Morgan fingerprint density at radius 1 is 0.966 bits per heavy atom. The van der Waals surface area contributed by atoms with Crippen LogP contribution in [0.5, 0.6) is 0 Å². The lowest BCUT2D eigenvalue weighted by Crippen LogP contribution is -2.44. The number of fused-ring (bicyclic) bond motifs is 1. The molecule has 146 valence electrons. The van der Waals surface area contributed by atoms with Crippen LogP contribution in [0.4, 0.5) is 11.4 Å². The first kappa shape index (κ1) is 18.9. The minimum atomic E-state index is -1.81. The van der Waals surface area contributed by atoms with Crippen molar-refractivity contribution in [1.29, 1.82) is 0 Å². The molecule has 0 radical (unpaired) electrons. The van der Waals surface area contributed by atoms with Crippen LogP contribution in [0.1, 0.15) is 22.3 Å². The predicted molar refractivity (Wildman–Crippen MR) is 113 cm³/mol. The smallest absolute Gasteiger partial charge is 0.268 e. The number of aryl methyl sites for hydroxylation is 2. The number of aliphatic hydroxyl groups is 1. The molecule has 4 rings (SSSR count). The average molecular weight is 386 g/mol. The van der Waals surface area contributed by atoms with Crippen molar-refractivity contribution in [2.75, 3.05) is 16.8 Å². The zero-order chi connectivity index (χ0) is 20.6. The fourth-order valence-electron chi connectivity index (χ4n) is 3.72. The quantitative estimate of drug-likeness (QED) is 0.721. The van der Waals surface area contributed by atoms with Crippen LogP contribution in [-0.2, 0) is 15.2 Å². The van der Waals surface area contributed by atoms with E-state index in [2.05, 4.69) is 5.32 Å². The summed E-state index contributed by atoms with van der Waals surface area (Å²) in [4.78, 5) is 27.3. The van der Waals surface area contributed by atoms with Gasteiger partial charge in [-0.25, -0.2) is 0 Å². The van der Waals surface area contributed by atoms with Gasteiger partial charge in [-0.05, 0) is 37.6 Å². The van der Waals surface area contributed by atoms with Crippen molar-refractivity contribution >= 4 is 23.2 Å². The summed E-state index contributed by atoms with van der Waals surface area (Å²) >= 11 is 0. The van der Waals surface area contributed by atoms with E-state index in [1.165, 1.54) is 4.90 Å². The lowest BCUT2D eigenvalue weighted by Gasteiger charge is -2.24. The standard InChI is InChI=1S/C24H22N2O3/c1-16-10-12-19(13-11-16)25-22(27)15-26-21-9-4-3-8-20(21)24(29,23(26)28)18-7-5-6-17(2)14-18/h3-14,29H,15H2,1-2H3,(H,25,27)/t24-/m1/s1. The predicted octanol–water partition coefficient (Wildman–Crippen LogP) is 3.52. The van der Waals surface area contributed by atoms with Gasteiger partial charge in [0.25, 0.3) is 5.91 Å². The Kier molecular flexibility index (Phi) is 4.68. The average Bonchev–Trinajstić information content (AvgIpc) is 2.93. The Morgan fingerprint density at radius 3 is 2.41 bits per heavy atom. The summed E-state index contributed by atoms with van der Waals surface area (Å²) in [7, 11) is 0. The molecule has 0 unspecified atom stereocenters. The number of nitrogens with zero attached hydrogens (tertiary/aromatic N) is 1. The molecule has 1 aliphatic heterocycles. The highest BCUT2D eigenvalue weighted by atomic mass is 16.3. The fourth-order valence-corrected chi connectivity index (χ4v) is 3.72. The number of amides is 2. The van der Waals surface area contributed by atoms with Crippen molar-refractivity contribution in [3.8, 4) is 0 Å². The lowest BCUT2D eigenvalue weighted by atomic mass is 9.87. The van der Waals surface area contributed by atoms with Crippen LogP contribution in [0.2, 0.25) is 0 Å². The summed E-state index contributed by atoms with van der Waals surface area (Å²) in [5.74, 6) is -0.853. The molecule has 2 amide bonds. The van der Waals surface area contributed by atoms with Gasteiger partial charge in [0.15, 0.2) is 5.60 Å². The molecule has 3 aromatic rings. The second kappa shape index (κ2) is 7.18. The molecule has 0 aromatic heterocycles. The molecule has 0 bridgehead atoms. The van der Waals surface area contributed by atoms with E-state index in [0.717, 1.165) is 11.1 Å². The number of para-hydroxylation sites is 1. The molecule has 0 aliphatic carbocycles. The van der Waals surface area contributed by atoms with Crippen LogP contribution in [-0.4, -0.2) is 23.5 Å². The lowest BCUT2D eigenvalue weighted by molar-refractivity contribution is -0.133. The SMILES string of the molecule is Cc1ccc(NC(=O)CN2C(=O)[C@@](O)(c3cccc(C)c3)c3ccccc32)cc1. The Morgan fingerprint density at radius 2 is 1.69 bits per heavy atom. The van der Waals surface area contributed by atoms with Gasteiger partial charge in [-0.1, -0.05) is 65.7 Å². The maximum Gasteiger partial charge on any atom is 0.268 e. The molecular formula is C24H22N2O3. The number of carbonyl (C=O) groups is 2. The Labute approximate surface area is 169 Å². The second-order valence-corrected chi connectivity index (χ2v) is 7.40. The summed E-state index contributed by atoms with van der Waals surface area (Å²) in [6.07, 6.45) is 0. The van der Waals surface area contributed by atoms with Gasteiger partial charge in [0, 0.05) is 11.3 Å². The molecular weight excluding hydrogens is 364 g/mol. The van der Waals surface area contributed by atoms with Gasteiger partial charge in [0.05, 0.1) is 5.69 Å². The third-order valence-corrected chi connectivity index (χ3v) is 5.21. The van der Waals surface area contributed by atoms with Crippen LogP contribution in [0.15, 0.2) is 72.8 Å². The Balaban J connectivity index is 1.66. The molecule has 29 heavy (non-hydrogen) atoms. The maximum atomic E-state index is 13.3. The van der Waals surface area contributed by atoms with Crippen LogP contribution in [0.3, 0.4) is 0 Å². The first-order chi connectivity index (χ1) is 13.9. The molecule has 1 aliphatic rings. The number of nitrogens with one attached hydrogen (secondary N) is 1. The topological polar surface area (TPSA) is 69.6 Å². The van der Waals surface area contributed by atoms with Crippen molar-refractivity contribution < 1.29 is 14.7 Å². The number of benzene rings is 3. The maximum absolute atomic E-state index is 13.3. The van der Waals surface area contributed by atoms with Crippen LogP contribution >= 0.6 is 0 Å². The zero-order valence-electron chi connectivity index (χ0n) is 16.3. The van der Waals surface area contributed by atoms with E-state index >= 15 is 0 Å². The molecule has 0 spiro atoms. The number of anilines is 2. The largest absolute Gasteiger partial charge is 0.372 e. The molecule has 0 fully saturated rings. The highest BCUT2D eigenvalue weighted by Crippen LogP contribution is 2.44. The summed E-state index contributed by atoms with van der Waals surface area (Å²) < 4.78 is 0. The van der Waals surface area contributed by atoms with E-state index in [4.69, 9.17) is 0 Å². The zero-order valence-corrected chi connectivity index (χ0v) is 16.3. The van der Waals surface area contributed by atoms with Gasteiger partial charge in [-0.3, -0.25) is 14.5 Å². The van der Waals surface area contributed by atoms with Crippen molar-refractivity contribution in [3.63, 3.8) is 0 Å². The fraction of sp³-hybridized carbons (Fsp3) is 0.167. The van der Waals surface area contributed by atoms with Gasteiger partial charge >= 0.3 is 0 Å². The van der Waals surface area contributed by atoms with Gasteiger partial charge < -0.3 is 10.4 Å². The highest BCUT2D eigenvalue weighted by molar-refractivity contribution is 6.12. The molecule has 0 saturated carbocycles. The molecule has 3 aromatic carbocycles. The normalized spacial score (nSPS) is 17.9. The molecule has 5 heteroatoms. The van der Waals surface area contributed by atoms with E-state index in [1.807, 2.05) is 50.2 Å². The minimum Gasteiger partial charge on any atom is -0.372 e. The van der Waals surface area contributed by atoms with Gasteiger partial charge in [-0.15, -0.1) is 0 Å². The third-order valence-electron chi connectivity index (χ3n) is 5.21. The third kappa shape index (κ3) is 3.30.